The van der Waals surface area contributed by atoms with Gasteiger partial charge in [-0.15, -0.1) is 0 Å². The van der Waals surface area contributed by atoms with Crippen LogP contribution in [0.5, 0.6) is 0 Å². The largest absolute Gasteiger partial charge is 0.339 e. The van der Waals surface area contributed by atoms with Gasteiger partial charge in [0.05, 0.1) is 6.07 Å². The molecule has 0 aliphatic rings. The van der Waals surface area contributed by atoms with Crippen LogP contribution in [0.3, 0.4) is 0 Å². The Morgan fingerprint density at radius 2 is 2.14 bits per heavy atom. The van der Waals surface area contributed by atoms with Gasteiger partial charge in [0.15, 0.2) is 5.82 Å². The molecule has 0 aromatic carbocycles. The third kappa shape index (κ3) is 3.56. The fourth-order valence-electron chi connectivity index (χ4n) is 1.10. The van der Waals surface area contributed by atoms with Gasteiger partial charge < -0.3 is 4.52 Å². The lowest BCUT2D eigenvalue weighted by Gasteiger charge is -2.14. The molecule has 4 nitrogen and oxygen atoms in total. The molecule has 0 spiro atoms. The van der Waals surface area contributed by atoms with Gasteiger partial charge in [0.25, 0.3) is 0 Å². The first-order chi connectivity index (χ1) is 6.51. The summed E-state index contributed by atoms with van der Waals surface area (Å²) in [6.07, 6.45) is 1.77. The van der Waals surface area contributed by atoms with E-state index < -0.39 is 0 Å². The summed E-state index contributed by atoms with van der Waals surface area (Å²) in [7, 11) is 0. The molecule has 76 valence electrons. The molecular weight excluding hydrogens is 178 g/mol. The van der Waals surface area contributed by atoms with E-state index >= 15 is 0 Å². The quantitative estimate of drug-likeness (QED) is 0.737. The van der Waals surface area contributed by atoms with Crippen molar-refractivity contribution in [3.63, 3.8) is 0 Å². The van der Waals surface area contributed by atoms with Gasteiger partial charge >= 0.3 is 0 Å². The Kier molecular flexibility index (Phi) is 3.23. The summed E-state index contributed by atoms with van der Waals surface area (Å²) in [6, 6.07) is 2.05. The smallest absolute Gasteiger partial charge is 0.227 e. The minimum atomic E-state index is 0.163. The van der Waals surface area contributed by atoms with Gasteiger partial charge in [0.2, 0.25) is 5.89 Å². The van der Waals surface area contributed by atoms with Crippen LogP contribution in [-0.2, 0) is 12.8 Å². The first kappa shape index (κ1) is 10.7. The second-order valence-electron chi connectivity index (χ2n) is 4.50. The number of aromatic nitrogens is 2. The third-order valence-corrected chi connectivity index (χ3v) is 1.65. The lowest BCUT2D eigenvalue weighted by Crippen LogP contribution is -2.10. The molecule has 1 aromatic heterocycles. The van der Waals surface area contributed by atoms with Gasteiger partial charge in [0.1, 0.15) is 0 Å². The molecule has 0 fully saturated rings. The fraction of sp³-hybridized carbons (Fsp3) is 0.700. The normalized spacial score (nSPS) is 11.3. The molecule has 1 aromatic rings. The number of nitrogens with zero attached hydrogens (tertiary/aromatic N) is 3. The molecule has 14 heavy (non-hydrogen) atoms. The van der Waals surface area contributed by atoms with E-state index in [-0.39, 0.29) is 5.41 Å². The van der Waals surface area contributed by atoms with E-state index in [1.165, 1.54) is 0 Å². The maximum absolute atomic E-state index is 8.38. The number of nitriles is 1. The molecule has 0 unspecified atom stereocenters. The van der Waals surface area contributed by atoms with Crippen molar-refractivity contribution in [1.29, 1.82) is 5.26 Å². The van der Waals surface area contributed by atoms with Crippen LogP contribution < -0.4 is 0 Å². The number of rotatable bonds is 3. The highest BCUT2D eigenvalue weighted by Gasteiger charge is 2.15. The molecule has 0 aliphatic carbocycles. The predicted octanol–water partition coefficient (Wildman–Crippen LogP) is 2.11. The maximum atomic E-state index is 8.38. The summed E-state index contributed by atoms with van der Waals surface area (Å²) in [4.78, 5) is 4.20. The van der Waals surface area contributed by atoms with Gasteiger partial charge in [-0.05, 0) is 5.41 Å². The molecule has 0 atom stereocenters. The molecule has 0 radical (unpaired) electrons. The fourth-order valence-corrected chi connectivity index (χ4v) is 1.10. The van der Waals surface area contributed by atoms with Gasteiger partial charge in [0, 0.05) is 19.3 Å². The minimum Gasteiger partial charge on any atom is -0.339 e. The van der Waals surface area contributed by atoms with Crippen LogP contribution in [0.15, 0.2) is 4.52 Å². The van der Waals surface area contributed by atoms with Crippen molar-refractivity contribution in [3.05, 3.63) is 11.7 Å². The maximum Gasteiger partial charge on any atom is 0.227 e. The van der Waals surface area contributed by atoms with Gasteiger partial charge in [-0.1, -0.05) is 25.9 Å². The van der Waals surface area contributed by atoms with Crippen LogP contribution in [0.4, 0.5) is 0 Å². The number of aryl methyl sites for hydroxylation is 1. The monoisotopic (exact) mass is 193 g/mol. The highest BCUT2D eigenvalue weighted by atomic mass is 16.5. The van der Waals surface area contributed by atoms with E-state index in [0.717, 1.165) is 12.2 Å². The zero-order chi connectivity index (χ0) is 10.6. The molecule has 0 saturated heterocycles. The van der Waals surface area contributed by atoms with Crippen molar-refractivity contribution in [2.45, 2.75) is 40.0 Å². The van der Waals surface area contributed by atoms with Crippen molar-refractivity contribution in [2.24, 2.45) is 5.41 Å². The van der Waals surface area contributed by atoms with Crippen LogP contribution in [0.1, 0.15) is 38.9 Å². The average Bonchev–Trinajstić information content (AvgIpc) is 2.46. The Hall–Kier alpha value is -1.37. The zero-order valence-electron chi connectivity index (χ0n) is 8.87. The van der Waals surface area contributed by atoms with E-state index in [1.54, 1.807) is 0 Å². The van der Waals surface area contributed by atoms with E-state index in [4.69, 9.17) is 9.78 Å². The highest BCUT2D eigenvalue weighted by molar-refractivity contribution is 4.91. The number of hydrogen-bond acceptors (Lipinski definition) is 4. The van der Waals surface area contributed by atoms with E-state index in [9.17, 15) is 0 Å². The Morgan fingerprint density at radius 1 is 1.43 bits per heavy atom. The van der Waals surface area contributed by atoms with Crippen LogP contribution in [0, 0.1) is 16.7 Å². The van der Waals surface area contributed by atoms with Crippen LogP contribution in [0.25, 0.3) is 0 Å². The first-order valence-corrected chi connectivity index (χ1v) is 4.70. The lowest BCUT2D eigenvalue weighted by atomic mass is 9.92. The molecule has 1 heterocycles. The van der Waals surface area contributed by atoms with Crippen molar-refractivity contribution in [3.8, 4) is 6.07 Å². The third-order valence-electron chi connectivity index (χ3n) is 1.65. The molecule has 0 N–H and O–H groups in total. The van der Waals surface area contributed by atoms with Gasteiger partial charge in [-0.2, -0.15) is 10.2 Å². The summed E-state index contributed by atoms with van der Waals surface area (Å²) in [5.74, 6) is 1.29. The first-order valence-electron chi connectivity index (χ1n) is 4.70. The van der Waals surface area contributed by atoms with Crippen molar-refractivity contribution >= 4 is 0 Å². The summed E-state index contributed by atoms with van der Waals surface area (Å²) >= 11 is 0. The average molecular weight is 193 g/mol. The van der Waals surface area contributed by atoms with Crippen molar-refractivity contribution < 1.29 is 4.52 Å². The lowest BCUT2D eigenvalue weighted by molar-refractivity contribution is 0.355. The van der Waals surface area contributed by atoms with E-state index in [2.05, 4.69) is 30.9 Å². The SMILES string of the molecule is CC(C)(C)Cc1noc(CCC#N)n1. The summed E-state index contributed by atoms with van der Waals surface area (Å²) in [5, 5.41) is 12.2. The van der Waals surface area contributed by atoms with Crippen LogP contribution in [0.2, 0.25) is 0 Å². The van der Waals surface area contributed by atoms with Crippen molar-refractivity contribution in [1.82, 2.24) is 10.1 Å². The van der Waals surface area contributed by atoms with Gasteiger partial charge in [-0.3, -0.25) is 0 Å². The predicted molar refractivity (Wildman–Crippen MR) is 51.4 cm³/mol. The van der Waals surface area contributed by atoms with Crippen molar-refractivity contribution in [2.75, 3.05) is 0 Å². The summed E-state index contributed by atoms with van der Waals surface area (Å²) < 4.78 is 5.00. The van der Waals surface area contributed by atoms with Gasteiger partial charge in [-0.25, -0.2) is 0 Å². The minimum absolute atomic E-state index is 0.163. The number of hydrogen-bond donors (Lipinski definition) is 0. The Bertz CT molecular complexity index is 330. The molecule has 1 rings (SSSR count). The van der Waals surface area contributed by atoms with E-state index in [1.807, 2.05) is 6.07 Å². The molecule has 0 aliphatic heterocycles. The van der Waals surface area contributed by atoms with Crippen LogP contribution in [-0.4, -0.2) is 10.1 Å². The molecule has 0 bridgehead atoms. The highest BCUT2D eigenvalue weighted by Crippen LogP contribution is 2.18. The van der Waals surface area contributed by atoms with Crippen LogP contribution >= 0.6 is 0 Å². The summed E-state index contributed by atoms with van der Waals surface area (Å²) in [5.41, 5.74) is 0.163. The molecule has 0 amide bonds. The molecular formula is C10H15N3O. The Balaban J connectivity index is 2.56. The van der Waals surface area contributed by atoms with E-state index in [0.29, 0.717) is 18.7 Å². The standard InChI is InChI=1S/C10H15N3O/c1-10(2,3)7-8-12-9(14-13-8)5-4-6-11/h4-5,7H2,1-3H3. The molecule has 4 heteroatoms. The second-order valence-corrected chi connectivity index (χ2v) is 4.50. The second kappa shape index (κ2) is 4.23. The zero-order valence-corrected chi connectivity index (χ0v) is 8.87. The Labute approximate surface area is 83.9 Å². The summed E-state index contributed by atoms with van der Waals surface area (Å²) in [6.45, 7) is 6.37. The topological polar surface area (TPSA) is 62.7 Å². The Morgan fingerprint density at radius 3 is 2.71 bits per heavy atom. The molecule has 0 saturated carbocycles.